The molecule has 1 heterocycles. The summed E-state index contributed by atoms with van der Waals surface area (Å²) in [5, 5.41) is 3.38. The van der Waals surface area contributed by atoms with Gasteiger partial charge in [0.25, 0.3) is 0 Å². The number of primary amides is 1. The van der Waals surface area contributed by atoms with Crippen LogP contribution in [0.1, 0.15) is 22.8 Å². The van der Waals surface area contributed by atoms with Crippen LogP contribution < -0.4 is 16.0 Å². The van der Waals surface area contributed by atoms with Crippen molar-refractivity contribution in [2.75, 3.05) is 37.6 Å². The highest BCUT2D eigenvalue weighted by molar-refractivity contribution is 5.92. The van der Waals surface area contributed by atoms with Crippen molar-refractivity contribution in [3.63, 3.8) is 0 Å². The number of benzene rings is 2. The smallest absolute Gasteiger partial charge is 0.248 e. The Balaban J connectivity index is 1.64. The van der Waals surface area contributed by atoms with E-state index >= 15 is 0 Å². The summed E-state index contributed by atoms with van der Waals surface area (Å²) in [5.41, 5.74) is 8.12. The maximum atomic E-state index is 11.4. The van der Waals surface area contributed by atoms with E-state index in [2.05, 4.69) is 46.3 Å². The zero-order chi connectivity index (χ0) is 19.1. The van der Waals surface area contributed by atoms with Crippen LogP contribution in [0.3, 0.4) is 0 Å². The van der Waals surface area contributed by atoms with E-state index in [4.69, 9.17) is 10.7 Å². The Labute approximate surface area is 160 Å². The van der Waals surface area contributed by atoms with Crippen molar-refractivity contribution in [1.29, 1.82) is 0 Å². The van der Waals surface area contributed by atoms with Crippen LogP contribution in [0.25, 0.3) is 0 Å². The van der Waals surface area contributed by atoms with E-state index in [1.165, 1.54) is 5.69 Å². The minimum absolute atomic E-state index is 0.412. The van der Waals surface area contributed by atoms with Gasteiger partial charge in [0, 0.05) is 44.0 Å². The molecule has 27 heavy (non-hydrogen) atoms. The molecule has 2 aromatic rings. The third-order valence-corrected chi connectivity index (χ3v) is 4.66. The molecule has 1 fully saturated rings. The molecule has 0 radical (unpaired) electrons. The number of carbonyl (C=O) groups is 1. The third kappa shape index (κ3) is 5.00. The summed E-state index contributed by atoms with van der Waals surface area (Å²) >= 11 is 0. The molecule has 0 aromatic heterocycles. The zero-order valence-electron chi connectivity index (χ0n) is 15.8. The number of amides is 1. The number of nitrogens with one attached hydrogen (secondary N) is 1. The largest absolute Gasteiger partial charge is 0.368 e. The van der Waals surface area contributed by atoms with Crippen LogP contribution in [-0.4, -0.2) is 49.5 Å². The highest BCUT2D eigenvalue weighted by Crippen LogP contribution is 2.15. The van der Waals surface area contributed by atoms with Crippen molar-refractivity contribution < 1.29 is 4.79 Å². The number of nitrogens with two attached hydrogens (primary N) is 1. The summed E-state index contributed by atoms with van der Waals surface area (Å²) in [6, 6.07) is 17.8. The highest BCUT2D eigenvalue weighted by atomic mass is 16.1. The van der Waals surface area contributed by atoms with Gasteiger partial charge >= 0.3 is 0 Å². The number of piperazine rings is 1. The van der Waals surface area contributed by atoms with Crippen LogP contribution in [0.5, 0.6) is 0 Å². The summed E-state index contributed by atoms with van der Waals surface area (Å²) in [4.78, 5) is 20.8. The number of rotatable bonds is 5. The Bertz CT molecular complexity index is 782. The van der Waals surface area contributed by atoms with Crippen molar-refractivity contribution in [3.8, 4) is 0 Å². The summed E-state index contributed by atoms with van der Waals surface area (Å²) in [6.07, 6.45) is 0. The maximum Gasteiger partial charge on any atom is 0.248 e. The molecule has 1 amide bonds. The fraction of sp³-hybridized carbons (Fsp3) is 0.333. The van der Waals surface area contributed by atoms with E-state index in [-0.39, 0.29) is 0 Å². The lowest BCUT2D eigenvalue weighted by Gasteiger charge is -2.37. The van der Waals surface area contributed by atoms with Gasteiger partial charge in [0.15, 0.2) is 5.96 Å². The van der Waals surface area contributed by atoms with Gasteiger partial charge in [-0.15, -0.1) is 0 Å². The number of aliphatic imine (C=N–C) groups is 1. The Kier molecular flexibility index (Phi) is 6.30. The quantitative estimate of drug-likeness (QED) is 0.628. The topological polar surface area (TPSA) is 74.0 Å². The van der Waals surface area contributed by atoms with Gasteiger partial charge in [0.2, 0.25) is 5.91 Å². The van der Waals surface area contributed by atoms with Crippen LogP contribution >= 0.6 is 0 Å². The number of carbonyl (C=O) groups excluding carboxylic acids is 1. The van der Waals surface area contributed by atoms with Crippen LogP contribution in [0, 0.1) is 0 Å². The second kappa shape index (κ2) is 9.07. The van der Waals surface area contributed by atoms with Crippen LogP contribution in [0.4, 0.5) is 5.69 Å². The van der Waals surface area contributed by atoms with Crippen molar-refractivity contribution >= 4 is 17.6 Å². The maximum absolute atomic E-state index is 11.4. The summed E-state index contributed by atoms with van der Waals surface area (Å²) in [6.45, 7) is 7.17. The fourth-order valence-corrected chi connectivity index (χ4v) is 3.23. The standard InChI is InChI=1S/C21H27N5O/c1-2-23-21(24-16-17-7-6-8-18(15-17)20(22)27)26-13-11-25(12-14-26)19-9-4-3-5-10-19/h3-10,15H,2,11-14,16H2,1H3,(H2,22,27)(H,23,24). The molecule has 0 aliphatic carbocycles. The lowest BCUT2D eigenvalue weighted by atomic mass is 10.1. The number of nitrogens with zero attached hydrogens (tertiary/aromatic N) is 3. The first-order valence-corrected chi connectivity index (χ1v) is 9.39. The molecule has 0 saturated carbocycles. The van der Waals surface area contributed by atoms with Gasteiger partial charge in [0.05, 0.1) is 6.54 Å². The lowest BCUT2D eigenvalue weighted by Crippen LogP contribution is -2.52. The van der Waals surface area contributed by atoms with E-state index in [0.717, 1.165) is 44.2 Å². The van der Waals surface area contributed by atoms with E-state index in [1.807, 2.05) is 24.3 Å². The van der Waals surface area contributed by atoms with Gasteiger partial charge in [-0.3, -0.25) is 4.79 Å². The molecule has 6 nitrogen and oxygen atoms in total. The van der Waals surface area contributed by atoms with E-state index in [1.54, 1.807) is 6.07 Å². The first-order chi connectivity index (χ1) is 13.2. The lowest BCUT2D eigenvalue weighted by molar-refractivity contribution is 0.1000. The van der Waals surface area contributed by atoms with Gasteiger partial charge < -0.3 is 20.9 Å². The van der Waals surface area contributed by atoms with Gasteiger partial charge in [-0.1, -0.05) is 30.3 Å². The molecular formula is C21H27N5O. The highest BCUT2D eigenvalue weighted by Gasteiger charge is 2.19. The molecule has 1 saturated heterocycles. The Morgan fingerprint density at radius 2 is 1.81 bits per heavy atom. The van der Waals surface area contributed by atoms with Crippen LogP contribution in [0.2, 0.25) is 0 Å². The molecule has 1 aliphatic heterocycles. The van der Waals surface area contributed by atoms with Crippen molar-refractivity contribution in [2.24, 2.45) is 10.7 Å². The van der Waals surface area contributed by atoms with Gasteiger partial charge in [-0.05, 0) is 36.8 Å². The Morgan fingerprint density at radius 1 is 1.07 bits per heavy atom. The number of guanidine groups is 1. The predicted molar refractivity (Wildman–Crippen MR) is 110 cm³/mol. The van der Waals surface area contributed by atoms with Gasteiger partial charge in [-0.25, -0.2) is 4.99 Å². The molecule has 3 rings (SSSR count). The molecule has 0 unspecified atom stereocenters. The minimum Gasteiger partial charge on any atom is -0.368 e. The molecule has 3 N–H and O–H groups in total. The molecule has 0 bridgehead atoms. The fourth-order valence-electron chi connectivity index (χ4n) is 3.23. The number of hydrogen-bond donors (Lipinski definition) is 2. The average molecular weight is 365 g/mol. The average Bonchev–Trinajstić information content (AvgIpc) is 2.72. The molecule has 0 atom stereocenters. The Morgan fingerprint density at radius 3 is 2.48 bits per heavy atom. The minimum atomic E-state index is -0.412. The molecule has 1 aliphatic rings. The summed E-state index contributed by atoms with van der Waals surface area (Å²) in [5.74, 6) is 0.499. The van der Waals surface area contributed by atoms with Crippen LogP contribution in [-0.2, 0) is 6.54 Å². The van der Waals surface area contributed by atoms with E-state index in [0.29, 0.717) is 12.1 Å². The Hall–Kier alpha value is -3.02. The molecule has 2 aromatic carbocycles. The molecular weight excluding hydrogens is 338 g/mol. The normalized spacial score (nSPS) is 14.9. The second-order valence-electron chi connectivity index (χ2n) is 6.54. The van der Waals surface area contributed by atoms with Crippen molar-refractivity contribution in [3.05, 3.63) is 65.7 Å². The van der Waals surface area contributed by atoms with E-state index < -0.39 is 5.91 Å². The van der Waals surface area contributed by atoms with Gasteiger partial charge in [-0.2, -0.15) is 0 Å². The number of hydrogen-bond acceptors (Lipinski definition) is 3. The number of anilines is 1. The molecule has 0 spiro atoms. The van der Waals surface area contributed by atoms with Crippen LogP contribution in [0.15, 0.2) is 59.6 Å². The first-order valence-electron chi connectivity index (χ1n) is 9.39. The van der Waals surface area contributed by atoms with E-state index in [9.17, 15) is 4.79 Å². The summed E-state index contributed by atoms with van der Waals surface area (Å²) in [7, 11) is 0. The number of para-hydroxylation sites is 1. The van der Waals surface area contributed by atoms with Gasteiger partial charge in [0.1, 0.15) is 0 Å². The SMILES string of the molecule is CCNC(=NCc1cccc(C(N)=O)c1)N1CCN(c2ccccc2)CC1. The predicted octanol–water partition coefficient (Wildman–Crippen LogP) is 2.07. The van der Waals surface area contributed by atoms with Crippen molar-refractivity contribution in [2.45, 2.75) is 13.5 Å². The first kappa shape index (κ1) is 18.8. The second-order valence-corrected chi connectivity index (χ2v) is 6.54. The third-order valence-electron chi connectivity index (χ3n) is 4.66. The zero-order valence-corrected chi connectivity index (χ0v) is 15.8. The molecule has 6 heteroatoms. The monoisotopic (exact) mass is 365 g/mol. The summed E-state index contributed by atoms with van der Waals surface area (Å²) < 4.78 is 0. The van der Waals surface area contributed by atoms with Crippen molar-refractivity contribution in [1.82, 2.24) is 10.2 Å². The molecule has 142 valence electrons.